The van der Waals surface area contributed by atoms with Gasteiger partial charge in [0.2, 0.25) is 0 Å². The Bertz CT molecular complexity index is 521. The number of allylic oxidation sites excluding steroid dienone is 2. The van der Waals surface area contributed by atoms with Crippen LogP contribution in [0.2, 0.25) is 0 Å². The Balaban J connectivity index is 2.49. The minimum Gasteiger partial charge on any atom is -0.469 e. The molecule has 1 fully saturated rings. The maximum Gasteiger partial charge on any atom is 0.305 e. The molecule has 0 amide bonds. The molecule has 1 rings (SSSR count). The van der Waals surface area contributed by atoms with Crippen LogP contribution in [-0.4, -0.2) is 40.8 Å². The van der Waals surface area contributed by atoms with Crippen molar-refractivity contribution in [3.63, 3.8) is 0 Å². The van der Waals surface area contributed by atoms with Gasteiger partial charge in [0.15, 0.2) is 0 Å². The number of methoxy groups -OCH3 is 1. The lowest BCUT2D eigenvalue weighted by Crippen LogP contribution is -2.23. The summed E-state index contributed by atoms with van der Waals surface area (Å²) in [7, 11) is 1.37. The molecule has 0 bridgehead atoms. The van der Waals surface area contributed by atoms with E-state index in [1.807, 2.05) is 31.2 Å². The number of rotatable bonds is 12. The van der Waals surface area contributed by atoms with Crippen molar-refractivity contribution in [1.82, 2.24) is 0 Å². The van der Waals surface area contributed by atoms with Crippen LogP contribution in [0, 0.1) is 11.8 Å². The quantitative estimate of drug-likeness (QED) is 0.398. The van der Waals surface area contributed by atoms with Crippen molar-refractivity contribution in [1.29, 1.82) is 0 Å². The predicted octanol–water partition coefficient (Wildman–Crippen LogP) is 3.73. The van der Waals surface area contributed by atoms with Gasteiger partial charge in [-0.1, -0.05) is 44.1 Å². The first kappa shape index (κ1) is 23.6. The minimum atomic E-state index is -0.738. The van der Waals surface area contributed by atoms with Gasteiger partial charge in [0.1, 0.15) is 5.78 Å². The molecule has 1 aliphatic rings. The van der Waals surface area contributed by atoms with E-state index in [0.29, 0.717) is 25.7 Å². The van der Waals surface area contributed by atoms with E-state index < -0.39 is 11.7 Å². The maximum absolute atomic E-state index is 12.2. The smallest absolute Gasteiger partial charge is 0.305 e. The number of aliphatic hydroxyl groups is 2. The van der Waals surface area contributed by atoms with E-state index in [9.17, 15) is 19.8 Å². The Morgan fingerprint density at radius 2 is 2.00 bits per heavy atom. The van der Waals surface area contributed by atoms with Crippen LogP contribution in [0.15, 0.2) is 24.3 Å². The predicted molar refractivity (Wildman–Crippen MR) is 106 cm³/mol. The number of carbonyl (C=O) groups excluding carboxylic acids is 2. The van der Waals surface area contributed by atoms with Gasteiger partial charge in [0, 0.05) is 24.7 Å². The fraction of sp³-hybridized carbons (Fsp3) is 0.727. The van der Waals surface area contributed by atoms with Crippen LogP contribution >= 0.6 is 0 Å². The van der Waals surface area contributed by atoms with E-state index in [2.05, 4.69) is 11.7 Å². The van der Waals surface area contributed by atoms with Crippen LogP contribution in [0.25, 0.3) is 0 Å². The van der Waals surface area contributed by atoms with Crippen LogP contribution in [0.5, 0.6) is 0 Å². The topological polar surface area (TPSA) is 83.8 Å². The fourth-order valence-corrected chi connectivity index (χ4v) is 3.55. The zero-order valence-corrected chi connectivity index (χ0v) is 17.0. The van der Waals surface area contributed by atoms with Gasteiger partial charge in [-0.15, -0.1) is 0 Å². The van der Waals surface area contributed by atoms with Crippen molar-refractivity contribution >= 4 is 11.8 Å². The first-order valence-corrected chi connectivity index (χ1v) is 10.1. The third-order valence-corrected chi connectivity index (χ3v) is 5.27. The van der Waals surface area contributed by atoms with Gasteiger partial charge in [-0.25, -0.2) is 0 Å². The average Bonchev–Trinajstić information content (AvgIpc) is 2.89. The Labute approximate surface area is 163 Å². The molecule has 0 aromatic rings. The van der Waals surface area contributed by atoms with E-state index in [1.165, 1.54) is 7.11 Å². The molecule has 0 saturated heterocycles. The maximum atomic E-state index is 12.2. The Morgan fingerprint density at radius 1 is 1.30 bits per heavy atom. The number of hydrogen-bond donors (Lipinski definition) is 2. The van der Waals surface area contributed by atoms with Gasteiger partial charge in [-0.2, -0.15) is 0 Å². The highest BCUT2D eigenvalue weighted by molar-refractivity contribution is 5.84. The number of carbonyl (C=O) groups is 2. The summed E-state index contributed by atoms with van der Waals surface area (Å²) in [5, 5.41) is 20.6. The zero-order valence-electron chi connectivity index (χ0n) is 17.0. The molecule has 27 heavy (non-hydrogen) atoms. The van der Waals surface area contributed by atoms with Crippen molar-refractivity contribution in [2.75, 3.05) is 7.11 Å². The first-order chi connectivity index (χ1) is 12.8. The molecule has 4 atom stereocenters. The minimum absolute atomic E-state index is 0.109. The summed E-state index contributed by atoms with van der Waals surface area (Å²) in [5.41, 5.74) is -0.738. The van der Waals surface area contributed by atoms with Crippen molar-refractivity contribution in [2.24, 2.45) is 11.8 Å². The summed E-state index contributed by atoms with van der Waals surface area (Å²) < 4.78 is 4.59. The van der Waals surface area contributed by atoms with Crippen LogP contribution in [-0.2, 0) is 14.3 Å². The second kappa shape index (κ2) is 12.1. The van der Waals surface area contributed by atoms with Crippen LogP contribution in [0.4, 0.5) is 0 Å². The molecule has 0 heterocycles. The SMILES string of the molecule is CCCC[C@](C)(O)CC=CC1C(O)CC(=O)C1CC/C=C\CCC(=O)OC. The summed E-state index contributed by atoms with van der Waals surface area (Å²) >= 11 is 0. The van der Waals surface area contributed by atoms with Crippen LogP contribution in [0.3, 0.4) is 0 Å². The van der Waals surface area contributed by atoms with Crippen molar-refractivity contribution < 1.29 is 24.5 Å². The van der Waals surface area contributed by atoms with E-state index >= 15 is 0 Å². The molecule has 0 aromatic carbocycles. The van der Waals surface area contributed by atoms with Crippen molar-refractivity contribution in [3.8, 4) is 0 Å². The molecule has 1 aliphatic carbocycles. The third kappa shape index (κ3) is 8.85. The number of Topliss-reactive ketones (excluding diaryl/α,β-unsaturated/α-hetero) is 1. The normalized spacial score (nSPS) is 25.4. The Kier molecular flexibility index (Phi) is 10.6. The average molecular weight is 381 g/mol. The molecule has 5 heteroatoms. The summed E-state index contributed by atoms with van der Waals surface area (Å²) in [4.78, 5) is 23.3. The fourth-order valence-electron chi connectivity index (χ4n) is 3.55. The van der Waals surface area contributed by atoms with E-state index in [4.69, 9.17) is 0 Å². The number of unbranched alkanes of at least 4 members (excludes halogenated alkanes) is 1. The highest BCUT2D eigenvalue weighted by atomic mass is 16.5. The van der Waals surface area contributed by atoms with E-state index in [-0.39, 0.29) is 30.0 Å². The zero-order chi connectivity index (χ0) is 20.3. The van der Waals surface area contributed by atoms with Gasteiger partial charge in [-0.3, -0.25) is 9.59 Å². The van der Waals surface area contributed by atoms with Crippen LogP contribution < -0.4 is 0 Å². The summed E-state index contributed by atoms with van der Waals surface area (Å²) in [6.07, 6.45) is 13.0. The Morgan fingerprint density at radius 3 is 2.67 bits per heavy atom. The molecule has 3 unspecified atom stereocenters. The third-order valence-electron chi connectivity index (χ3n) is 5.27. The van der Waals surface area contributed by atoms with E-state index in [1.54, 1.807) is 0 Å². The van der Waals surface area contributed by atoms with Gasteiger partial charge in [0.25, 0.3) is 0 Å². The molecule has 5 nitrogen and oxygen atoms in total. The number of ether oxygens (including phenoxy) is 1. The molecule has 154 valence electrons. The lowest BCUT2D eigenvalue weighted by atomic mass is 9.88. The van der Waals surface area contributed by atoms with Gasteiger partial charge in [-0.05, 0) is 39.0 Å². The molecule has 1 saturated carbocycles. The molecule has 0 spiro atoms. The number of aliphatic hydroxyl groups excluding tert-OH is 1. The van der Waals surface area contributed by atoms with Crippen molar-refractivity contribution in [2.45, 2.75) is 83.3 Å². The first-order valence-electron chi connectivity index (χ1n) is 10.1. The molecule has 2 N–H and O–H groups in total. The Hall–Kier alpha value is -1.46. The van der Waals surface area contributed by atoms with Crippen molar-refractivity contribution in [3.05, 3.63) is 24.3 Å². The standard InChI is InChI=1S/C22H36O5/c1-4-5-14-22(2,26)15-10-12-18-17(19(23)16-20(18)24)11-8-6-7-9-13-21(25)27-3/h6-7,10,12,17-18,20,24,26H,4-5,8-9,11,13-16H2,1-3H3/b7-6-,12-10?/t17?,18?,20?,22-/m0/s1. The lowest BCUT2D eigenvalue weighted by molar-refractivity contribution is -0.140. The highest BCUT2D eigenvalue weighted by Crippen LogP contribution is 2.34. The second-order valence-electron chi connectivity index (χ2n) is 7.82. The largest absolute Gasteiger partial charge is 0.469 e. The summed E-state index contributed by atoms with van der Waals surface area (Å²) in [6, 6.07) is 0. The molecule has 0 aliphatic heterocycles. The second-order valence-corrected chi connectivity index (χ2v) is 7.82. The molecular formula is C22H36O5. The van der Waals surface area contributed by atoms with Gasteiger partial charge in [0.05, 0.1) is 18.8 Å². The summed E-state index contributed by atoms with van der Waals surface area (Å²) in [5.74, 6) is -0.475. The number of ketones is 1. The molecule has 0 radical (unpaired) electrons. The summed E-state index contributed by atoms with van der Waals surface area (Å²) in [6.45, 7) is 3.93. The molecular weight excluding hydrogens is 344 g/mol. The monoisotopic (exact) mass is 380 g/mol. The molecule has 0 aromatic heterocycles. The number of hydrogen-bond acceptors (Lipinski definition) is 5. The number of esters is 1. The van der Waals surface area contributed by atoms with Gasteiger partial charge < -0.3 is 14.9 Å². The van der Waals surface area contributed by atoms with Crippen LogP contribution in [0.1, 0.15) is 71.6 Å². The lowest BCUT2D eigenvalue weighted by Gasteiger charge is -2.22. The highest BCUT2D eigenvalue weighted by Gasteiger charge is 2.39. The van der Waals surface area contributed by atoms with Gasteiger partial charge >= 0.3 is 5.97 Å². The van der Waals surface area contributed by atoms with E-state index in [0.717, 1.165) is 25.7 Å².